The van der Waals surface area contributed by atoms with Crippen molar-refractivity contribution in [3.63, 3.8) is 0 Å². The minimum absolute atomic E-state index is 0.480. The molecule has 0 spiro atoms. The van der Waals surface area contributed by atoms with Crippen LogP contribution in [0.3, 0.4) is 0 Å². The molecule has 0 aliphatic heterocycles. The summed E-state index contributed by atoms with van der Waals surface area (Å²) >= 11 is 0. The van der Waals surface area contributed by atoms with E-state index in [9.17, 15) is 10.2 Å². The standard InChI is InChI=1S/C14H16O2/c1-9(15)12-7-6-11-4-3-5-13(10(2)16)14(11)8-12/h3-10,15-16H,1-2H3. The van der Waals surface area contributed by atoms with Gasteiger partial charge >= 0.3 is 0 Å². The van der Waals surface area contributed by atoms with Crippen molar-refractivity contribution in [1.29, 1.82) is 0 Å². The molecule has 2 nitrogen and oxygen atoms in total. The van der Waals surface area contributed by atoms with Gasteiger partial charge in [-0.3, -0.25) is 0 Å². The molecule has 0 fully saturated rings. The van der Waals surface area contributed by atoms with Crippen molar-refractivity contribution in [1.82, 2.24) is 0 Å². The Morgan fingerprint density at radius 3 is 2.31 bits per heavy atom. The molecule has 2 unspecified atom stereocenters. The van der Waals surface area contributed by atoms with Crippen molar-refractivity contribution in [3.05, 3.63) is 47.5 Å². The smallest absolute Gasteiger partial charge is 0.0767 e. The predicted octanol–water partition coefficient (Wildman–Crippen LogP) is 2.95. The lowest BCUT2D eigenvalue weighted by atomic mass is 9.98. The monoisotopic (exact) mass is 216 g/mol. The zero-order valence-corrected chi connectivity index (χ0v) is 9.51. The van der Waals surface area contributed by atoms with Crippen LogP contribution in [0.15, 0.2) is 36.4 Å². The molecule has 0 aliphatic rings. The Morgan fingerprint density at radius 2 is 1.69 bits per heavy atom. The second-order valence-corrected chi connectivity index (χ2v) is 4.18. The van der Waals surface area contributed by atoms with Crippen molar-refractivity contribution in [3.8, 4) is 0 Å². The van der Waals surface area contributed by atoms with Gasteiger partial charge in [-0.2, -0.15) is 0 Å². The quantitative estimate of drug-likeness (QED) is 0.810. The van der Waals surface area contributed by atoms with E-state index in [1.54, 1.807) is 13.8 Å². The average molecular weight is 216 g/mol. The fraction of sp³-hybridized carbons (Fsp3) is 0.286. The van der Waals surface area contributed by atoms with E-state index >= 15 is 0 Å². The van der Waals surface area contributed by atoms with Crippen LogP contribution in [-0.2, 0) is 0 Å². The van der Waals surface area contributed by atoms with Crippen molar-refractivity contribution in [2.45, 2.75) is 26.1 Å². The molecular weight excluding hydrogens is 200 g/mol. The maximum atomic E-state index is 9.69. The maximum absolute atomic E-state index is 9.69. The average Bonchev–Trinajstić information content (AvgIpc) is 2.27. The number of aliphatic hydroxyl groups is 2. The lowest BCUT2D eigenvalue weighted by Gasteiger charge is -2.11. The molecule has 84 valence electrons. The van der Waals surface area contributed by atoms with E-state index in [0.717, 1.165) is 21.9 Å². The Bertz CT molecular complexity index is 501. The van der Waals surface area contributed by atoms with Crippen LogP contribution >= 0.6 is 0 Å². The third kappa shape index (κ3) is 1.94. The molecule has 0 bridgehead atoms. The molecule has 0 saturated carbocycles. The number of fused-ring (bicyclic) bond motifs is 1. The minimum atomic E-state index is -0.493. The lowest BCUT2D eigenvalue weighted by Crippen LogP contribution is -1.95. The highest BCUT2D eigenvalue weighted by atomic mass is 16.3. The van der Waals surface area contributed by atoms with Gasteiger partial charge in [0.25, 0.3) is 0 Å². The molecule has 2 heteroatoms. The zero-order chi connectivity index (χ0) is 11.7. The van der Waals surface area contributed by atoms with E-state index in [4.69, 9.17) is 0 Å². The first-order valence-corrected chi connectivity index (χ1v) is 5.48. The molecule has 2 rings (SSSR count). The first-order chi connectivity index (χ1) is 7.59. The predicted molar refractivity (Wildman–Crippen MR) is 65.2 cm³/mol. The summed E-state index contributed by atoms with van der Waals surface area (Å²) in [6, 6.07) is 11.7. The van der Waals surface area contributed by atoms with Gasteiger partial charge in [0.2, 0.25) is 0 Å². The van der Waals surface area contributed by atoms with Gasteiger partial charge in [0.05, 0.1) is 12.2 Å². The number of rotatable bonds is 2. The Kier molecular flexibility index (Phi) is 2.95. The Hall–Kier alpha value is -1.38. The molecule has 0 aromatic heterocycles. The molecule has 16 heavy (non-hydrogen) atoms. The lowest BCUT2D eigenvalue weighted by molar-refractivity contribution is 0.198. The van der Waals surface area contributed by atoms with Crippen molar-refractivity contribution in [2.24, 2.45) is 0 Å². The van der Waals surface area contributed by atoms with Gasteiger partial charge < -0.3 is 10.2 Å². The van der Waals surface area contributed by atoms with Crippen molar-refractivity contribution < 1.29 is 10.2 Å². The second kappa shape index (κ2) is 4.24. The van der Waals surface area contributed by atoms with Crippen LogP contribution < -0.4 is 0 Å². The summed E-state index contributed by atoms with van der Waals surface area (Å²) in [6.45, 7) is 3.50. The van der Waals surface area contributed by atoms with Gasteiger partial charge in [-0.1, -0.05) is 30.3 Å². The number of aliphatic hydroxyl groups excluding tert-OH is 2. The number of benzene rings is 2. The highest BCUT2D eigenvalue weighted by Gasteiger charge is 2.08. The molecule has 0 amide bonds. The van der Waals surface area contributed by atoms with Gasteiger partial charge in [-0.15, -0.1) is 0 Å². The fourth-order valence-electron chi connectivity index (χ4n) is 1.94. The van der Waals surface area contributed by atoms with Crippen LogP contribution in [0, 0.1) is 0 Å². The van der Waals surface area contributed by atoms with Crippen LogP contribution in [0.5, 0.6) is 0 Å². The summed E-state index contributed by atoms with van der Waals surface area (Å²) < 4.78 is 0. The molecule has 0 radical (unpaired) electrons. The molecule has 0 heterocycles. The van der Waals surface area contributed by atoms with Crippen LogP contribution in [-0.4, -0.2) is 10.2 Å². The second-order valence-electron chi connectivity index (χ2n) is 4.18. The number of hydrogen-bond donors (Lipinski definition) is 2. The highest BCUT2D eigenvalue weighted by molar-refractivity contribution is 5.86. The summed E-state index contributed by atoms with van der Waals surface area (Å²) in [5, 5.41) is 21.3. The van der Waals surface area contributed by atoms with Crippen LogP contribution in [0.25, 0.3) is 10.8 Å². The van der Waals surface area contributed by atoms with Crippen molar-refractivity contribution in [2.75, 3.05) is 0 Å². The highest BCUT2D eigenvalue weighted by Crippen LogP contribution is 2.27. The van der Waals surface area contributed by atoms with Gasteiger partial charge in [-0.25, -0.2) is 0 Å². The van der Waals surface area contributed by atoms with Gasteiger partial charge in [0.1, 0.15) is 0 Å². The van der Waals surface area contributed by atoms with E-state index in [-0.39, 0.29) is 0 Å². The van der Waals surface area contributed by atoms with Crippen LogP contribution in [0.1, 0.15) is 37.2 Å². The van der Waals surface area contributed by atoms with E-state index in [1.807, 2.05) is 36.4 Å². The zero-order valence-electron chi connectivity index (χ0n) is 9.51. The molecule has 0 aliphatic carbocycles. The van der Waals surface area contributed by atoms with Gasteiger partial charge in [-0.05, 0) is 41.8 Å². The molecule has 2 N–H and O–H groups in total. The third-order valence-electron chi connectivity index (χ3n) is 2.87. The number of hydrogen-bond acceptors (Lipinski definition) is 2. The summed E-state index contributed by atoms with van der Waals surface area (Å²) in [7, 11) is 0. The van der Waals surface area contributed by atoms with E-state index in [2.05, 4.69) is 0 Å². The molecular formula is C14H16O2. The van der Waals surface area contributed by atoms with E-state index in [1.165, 1.54) is 0 Å². The van der Waals surface area contributed by atoms with E-state index < -0.39 is 12.2 Å². The maximum Gasteiger partial charge on any atom is 0.0767 e. The molecule has 2 aromatic carbocycles. The van der Waals surface area contributed by atoms with Crippen molar-refractivity contribution >= 4 is 10.8 Å². The normalized spacial score (nSPS) is 15.0. The summed E-state index contributed by atoms with van der Waals surface area (Å²) in [6.07, 6.45) is -0.973. The van der Waals surface area contributed by atoms with Crippen LogP contribution in [0.4, 0.5) is 0 Å². The largest absolute Gasteiger partial charge is 0.389 e. The minimum Gasteiger partial charge on any atom is -0.389 e. The topological polar surface area (TPSA) is 40.5 Å². The Morgan fingerprint density at radius 1 is 0.938 bits per heavy atom. The Labute approximate surface area is 95.2 Å². The first-order valence-electron chi connectivity index (χ1n) is 5.48. The Balaban J connectivity index is 2.68. The fourth-order valence-corrected chi connectivity index (χ4v) is 1.94. The van der Waals surface area contributed by atoms with E-state index in [0.29, 0.717) is 0 Å². The summed E-state index contributed by atoms with van der Waals surface area (Å²) in [4.78, 5) is 0. The van der Waals surface area contributed by atoms with Gasteiger partial charge in [0, 0.05) is 0 Å². The molecule has 0 saturated heterocycles. The van der Waals surface area contributed by atoms with Crippen LogP contribution in [0.2, 0.25) is 0 Å². The summed E-state index contributed by atoms with van der Waals surface area (Å²) in [5.74, 6) is 0. The third-order valence-corrected chi connectivity index (χ3v) is 2.87. The first kappa shape index (κ1) is 11.1. The summed E-state index contributed by atoms with van der Waals surface area (Å²) in [5.41, 5.74) is 1.78. The van der Waals surface area contributed by atoms with Gasteiger partial charge in [0.15, 0.2) is 0 Å². The molecule has 2 atom stereocenters. The SMILES string of the molecule is CC(O)c1ccc2cccc(C(C)O)c2c1. The molecule has 2 aromatic rings.